The first kappa shape index (κ1) is 21.4. The molecule has 2 atom stereocenters. The second-order valence-electron chi connectivity index (χ2n) is 7.78. The molecule has 2 aromatic rings. The Balaban J connectivity index is 1.80. The Hall–Kier alpha value is -3.81. The lowest BCUT2D eigenvalue weighted by molar-refractivity contribution is -0.384. The molecule has 8 nitrogen and oxygen atoms in total. The van der Waals surface area contributed by atoms with E-state index in [1.807, 2.05) is 4.90 Å². The Labute approximate surface area is 181 Å². The van der Waals surface area contributed by atoms with E-state index >= 15 is 0 Å². The van der Waals surface area contributed by atoms with Crippen LogP contribution in [0.2, 0.25) is 0 Å². The zero-order chi connectivity index (χ0) is 23.2. The molecule has 1 N–H and O–H groups in total. The summed E-state index contributed by atoms with van der Waals surface area (Å²) in [5.74, 6) is -1.97. The van der Waals surface area contributed by atoms with Crippen molar-refractivity contribution < 1.29 is 22.9 Å². The maximum absolute atomic E-state index is 12.8. The normalized spacial score (nSPS) is 19.7. The first-order valence-electron chi connectivity index (χ1n) is 9.80. The SMILES string of the molecule is CN1c2cc(C#N)ccc2[C@@H]2C[C@@H](NC(=O)C(F)(F)F)CCN2c2ccc([N+](=O)[O-])cc21. The summed E-state index contributed by atoms with van der Waals surface area (Å²) in [7, 11) is 1.73. The molecule has 1 saturated heterocycles. The molecule has 1 fully saturated rings. The molecule has 2 aromatic carbocycles. The molecule has 0 unspecified atom stereocenters. The monoisotopic (exact) mass is 445 g/mol. The third kappa shape index (κ3) is 3.68. The number of nitro groups is 1. The highest BCUT2D eigenvalue weighted by molar-refractivity contribution is 5.84. The summed E-state index contributed by atoms with van der Waals surface area (Å²) in [6.07, 6.45) is -4.47. The number of nitriles is 1. The molecule has 11 heteroatoms. The number of carbonyl (C=O) groups excluding carboxylic acids is 1. The molecule has 0 bridgehead atoms. The van der Waals surface area contributed by atoms with Gasteiger partial charge in [-0.15, -0.1) is 0 Å². The van der Waals surface area contributed by atoms with Gasteiger partial charge in [-0.1, -0.05) is 6.07 Å². The van der Waals surface area contributed by atoms with Crippen molar-refractivity contribution in [3.05, 3.63) is 57.6 Å². The van der Waals surface area contributed by atoms with Crippen LogP contribution >= 0.6 is 0 Å². The van der Waals surface area contributed by atoms with E-state index in [9.17, 15) is 33.3 Å². The molecule has 2 aliphatic rings. The average molecular weight is 445 g/mol. The number of fused-ring (bicyclic) bond motifs is 5. The van der Waals surface area contributed by atoms with Crippen LogP contribution in [0, 0.1) is 21.4 Å². The van der Waals surface area contributed by atoms with Gasteiger partial charge in [0, 0.05) is 37.5 Å². The standard InChI is InChI=1S/C21H18F3N5O3/c1-27-17-8-12(11-25)2-4-15(17)18-9-13(26-20(30)21(22,23)24)6-7-28(18)16-5-3-14(29(31)32)10-19(16)27/h2-5,8,10,13,18H,6-7,9H2,1H3,(H,26,30)/t13-,18-/m0/s1. The number of rotatable bonds is 2. The fraction of sp³-hybridized carbons (Fsp3) is 0.333. The molecule has 0 saturated carbocycles. The molecule has 32 heavy (non-hydrogen) atoms. The number of piperidine rings is 1. The summed E-state index contributed by atoms with van der Waals surface area (Å²) in [6, 6.07) is 10.5. The zero-order valence-corrected chi connectivity index (χ0v) is 16.9. The number of hydrogen-bond donors (Lipinski definition) is 1. The maximum Gasteiger partial charge on any atom is 0.471 e. The van der Waals surface area contributed by atoms with E-state index in [-0.39, 0.29) is 18.5 Å². The Kier molecular flexibility index (Phi) is 5.16. The van der Waals surface area contributed by atoms with Crippen LogP contribution in [0.5, 0.6) is 0 Å². The van der Waals surface area contributed by atoms with E-state index in [1.165, 1.54) is 12.1 Å². The van der Waals surface area contributed by atoms with E-state index in [1.54, 1.807) is 36.2 Å². The number of alkyl halides is 3. The van der Waals surface area contributed by atoms with Crippen molar-refractivity contribution in [3.63, 3.8) is 0 Å². The number of halogens is 3. The van der Waals surface area contributed by atoms with Crippen molar-refractivity contribution in [1.82, 2.24) is 5.32 Å². The fourth-order valence-electron chi connectivity index (χ4n) is 4.40. The van der Waals surface area contributed by atoms with Crippen LogP contribution < -0.4 is 15.1 Å². The molecule has 2 heterocycles. The van der Waals surface area contributed by atoms with E-state index < -0.39 is 29.1 Å². The molecule has 1 amide bonds. The van der Waals surface area contributed by atoms with Crippen molar-refractivity contribution in [2.24, 2.45) is 0 Å². The number of nitro benzene ring substituents is 1. The quantitative estimate of drug-likeness (QED) is 0.555. The molecule has 0 aromatic heterocycles. The molecule has 2 aliphatic heterocycles. The number of hydrogen-bond acceptors (Lipinski definition) is 6. The predicted octanol–water partition coefficient (Wildman–Crippen LogP) is 3.94. The van der Waals surface area contributed by atoms with Crippen molar-refractivity contribution in [2.45, 2.75) is 31.1 Å². The highest BCUT2D eigenvalue weighted by atomic mass is 19.4. The molecular formula is C21H18F3N5O3. The molecule has 166 valence electrons. The topological polar surface area (TPSA) is 103 Å². The van der Waals surface area contributed by atoms with Gasteiger partial charge in [-0.25, -0.2) is 0 Å². The van der Waals surface area contributed by atoms with Crippen LogP contribution in [0.25, 0.3) is 0 Å². The van der Waals surface area contributed by atoms with E-state index in [0.29, 0.717) is 29.2 Å². The zero-order valence-electron chi connectivity index (χ0n) is 16.9. The van der Waals surface area contributed by atoms with Gasteiger partial charge in [0.1, 0.15) is 0 Å². The molecule has 0 radical (unpaired) electrons. The van der Waals surface area contributed by atoms with Crippen LogP contribution in [-0.4, -0.2) is 36.6 Å². The average Bonchev–Trinajstić information content (AvgIpc) is 2.86. The van der Waals surface area contributed by atoms with E-state index in [0.717, 1.165) is 5.56 Å². The van der Waals surface area contributed by atoms with Crippen LogP contribution in [0.4, 0.5) is 35.9 Å². The fourth-order valence-corrected chi connectivity index (χ4v) is 4.40. The van der Waals surface area contributed by atoms with Crippen LogP contribution in [0.1, 0.15) is 30.0 Å². The highest BCUT2D eigenvalue weighted by Crippen LogP contribution is 2.49. The Morgan fingerprint density at radius 2 is 1.97 bits per heavy atom. The summed E-state index contributed by atoms with van der Waals surface area (Å²) in [5, 5.41) is 22.7. The van der Waals surface area contributed by atoms with Crippen molar-refractivity contribution in [1.29, 1.82) is 5.26 Å². The second kappa shape index (κ2) is 7.71. The number of nitrogens with one attached hydrogen (secondary N) is 1. The van der Waals surface area contributed by atoms with Crippen LogP contribution in [0.3, 0.4) is 0 Å². The smallest absolute Gasteiger partial charge is 0.363 e. The predicted molar refractivity (Wildman–Crippen MR) is 110 cm³/mol. The van der Waals surface area contributed by atoms with Crippen LogP contribution in [-0.2, 0) is 4.79 Å². The van der Waals surface area contributed by atoms with Crippen molar-refractivity contribution in [3.8, 4) is 6.07 Å². The van der Waals surface area contributed by atoms with Crippen LogP contribution in [0.15, 0.2) is 36.4 Å². The number of anilines is 3. The highest BCUT2D eigenvalue weighted by Gasteiger charge is 2.42. The van der Waals surface area contributed by atoms with E-state index in [2.05, 4.69) is 11.4 Å². The minimum absolute atomic E-state index is 0.0978. The van der Waals surface area contributed by atoms with Crippen molar-refractivity contribution >= 4 is 28.7 Å². The molecule has 0 spiro atoms. The van der Waals surface area contributed by atoms with Gasteiger partial charge in [0.25, 0.3) is 5.69 Å². The number of non-ortho nitro benzene ring substituents is 1. The number of amides is 1. The van der Waals surface area contributed by atoms with Gasteiger partial charge in [0.05, 0.1) is 34.0 Å². The summed E-state index contributed by atoms with van der Waals surface area (Å²) < 4.78 is 38.3. The van der Waals surface area contributed by atoms with Gasteiger partial charge in [-0.3, -0.25) is 14.9 Å². The lowest BCUT2D eigenvalue weighted by atomic mass is 9.90. The lowest BCUT2D eigenvalue weighted by Crippen LogP contribution is -2.49. The van der Waals surface area contributed by atoms with Crippen molar-refractivity contribution in [2.75, 3.05) is 23.4 Å². The summed E-state index contributed by atoms with van der Waals surface area (Å²) in [4.78, 5) is 26.1. The first-order valence-corrected chi connectivity index (χ1v) is 9.80. The van der Waals surface area contributed by atoms with Gasteiger partial charge >= 0.3 is 12.1 Å². The Bertz CT molecular complexity index is 1140. The second-order valence-corrected chi connectivity index (χ2v) is 7.78. The largest absolute Gasteiger partial charge is 0.471 e. The van der Waals surface area contributed by atoms with Gasteiger partial charge in [-0.2, -0.15) is 18.4 Å². The number of nitrogens with zero attached hydrogens (tertiary/aromatic N) is 4. The first-order chi connectivity index (χ1) is 15.1. The molecule has 4 rings (SSSR count). The minimum Gasteiger partial charge on any atom is -0.363 e. The number of carbonyl (C=O) groups is 1. The number of benzene rings is 2. The maximum atomic E-state index is 12.8. The summed E-state index contributed by atoms with van der Waals surface area (Å²) in [5.41, 5.74) is 2.92. The third-order valence-electron chi connectivity index (χ3n) is 5.92. The molecule has 0 aliphatic carbocycles. The van der Waals surface area contributed by atoms with Gasteiger partial charge in [0.15, 0.2) is 0 Å². The van der Waals surface area contributed by atoms with Gasteiger partial charge in [-0.05, 0) is 36.6 Å². The Morgan fingerprint density at radius 1 is 1.22 bits per heavy atom. The van der Waals surface area contributed by atoms with Gasteiger partial charge in [0.2, 0.25) is 0 Å². The summed E-state index contributed by atoms with van der Waals surface area (Å²) in [6.45, 7) is 0.339. The summed E-state index contributed by atoms with van der Waals surface area (Å²) >= 11 is 0. The lowest BCUT2D eigenvalue weighted by Gasteiger charge is -2.41. The third-order valence-corrected chi connectivity index (χ3v) is 5.92. The minimum atomic E-state index is -4.97. The Morgan fingerprint density at radius 3 is 2.62 bits per heavy atom. The van der Waals surface area contributed by atoms with Gasteiger partial charge < -0.3 is 15.1 Å². The van der Waals surface area contributed by atoms with E-state index in [4.69, 9.17) is 0 Å². The molecular weight excluding hydrogens is 427 g/mol.